The lowest BCUT2D eigenvalue weighted by molar-refractivity contribution is 0.178. The lowest BCUT2D eigenvalue weighted by Gasteiger charge is -2.17. The Kier molecular flexibility index (Phi) is 6.55. The minimum Gasteiger partial charge on any atom is -0.497 e. The highest BCUT2D eigenvalue weighted by molar-refractivity contribution is 9.10. The van der Waals surface area contributed by atoms with Crippen LogP contribution in [0.4, 0.5) is 0 Å². The van der Waals surface area contributed by atoms with Gasteiger partial charge in [-0.2, -0.15) is 0 Å². The van der Waals surface area contributed by atoms with Crippen LogP contribution < -0.4 is 4.74 Å². The molecule has 0 aliphatic rings. The maximum absolute atomic E-state index is 5.23. The van der Waals surface area contributed by atoms with Crippen LogP contribution in [0, 0.1) is 0 Å². The maximum Gasteiger partial charge on any atom is 0.119 e. The number of methoxy groups -OCH3 is 2. The standard InChI is InChI=1S/C13H20BrNO2/c1-15(7-4-8-16-2)10-11-9-12(17-3)5-6-13(11)14/h5-6,9H,4,7-8,10H2,1-3H3. The Morgan fingerprint density at radius 2 is 2.06 bits per heavy atom. The number of benzene rings is 1. The van der Waals surface area contributed by atoms with Crippen LogP contribution in [0.1, 0.15) is 12.0 Å². The van der Waals surface area contributed by atoms with Gasteiger partial charge in [-0.25, -0.2) is 0 Å². The van der Waals surface area contributed by atoms with Crippen LogP contribution in [0.5, 0.6) is 5.75 Å². The third kappa shape index (κ3) is 5.06. The molecule has 17 heavy (non-hydrogen) atoms. The first-order valence-corrected chi connectivity index (χ1v) is 6.46. The number of rotatable bonds is 7. The molecule has 0 atom stereocenters. The van der Waals surface area contributed by atoms with E-state index in [2.05, 4.69) is 33.9 Å². The second kappa shape index (κ2) is 7.69. The Hall–Kier alpha value is -0.580. The van der Waals surface area contributed by atoms with Gasteiger partial charge in [-0.3, -0.25) is 0 Å². The molecule has 96 valence electrons. The summed E-state index contributed by atoms with van der Waals surface area (Å²) >= 11 is 3.56. The maximum atomic E-state index is 5.23. The summed E-state index contributed by atoms with van der Waals surface area (Å²) in [4.78, 5) is 2.28. The Bertz CT molecular complexity index is 344. The number of hydrogen-bond donors (Lipinski definition) is 0. The van der Waals surface area contributed by atoms with E-state index in [9.17, 15) is 0 Å². The van der Waals surface area contributed by atoms with E-state index in [1.807, 2.05) is 12.1 Å². The van der Waals surface area contributed by atoms with Crippen LogP contribution >= 0.6 is 15.9 Å². The normalized spacial score (nSPS) is 10.9. The first-order valence-electron chi connectivity index (χ1n) is 5.67. The fourth-order valence-corrected chi connectivity index (χ4v) is 2.02. The average Bonchev–Trinajstić information content (AvgIpc) is 2.32. The van der Waals surface area contributed by atoms with E-state index in [1.54, 1.807) is 14.2 Å². The number of ether oxygens (including phenoxy) is 2. The minimum absolute atomic E-state index is 0.809. The molecule has 0 saturated carbocycles. The molecule has 0 unspecified atom stereocenters. The Balaban J connectivity index is 2.54. The van der Waals surface area contributed by atoms with Crippen molar-refractivity contribution in [1.82, 2.24) is 4.90 Å². The predicted octanol–water partition coefficient (Wildman–Crippen LogP) is 2.93. The van der Waals surface area contributed by atoms with Gasteiger partial charge >= 0.3 is 0 Å². The highest BCUT2D eigenvalue weighted by Crippen LogP contribution is 2.23. The van der Waals surface area contributed by atoms with E-state index in [0.717, 1.165) is 36.3 Å². The summed E-state index contributed by atoms with van der Waals surface area (Å²) in [7, 11) is 5.54. The van der Waals surface area contributed by atoms with Crippen molar-refractivity contribution in [2.45, 2.75) is 13.0 Å². The summed E-state index contributed by atoms with van der Waals surface area (Å²) in [5, 5.41) is 0. The summed E-state index contributed by atoms with van der Waals surface area (Å²) in [5.41, 5.74) is 1.24. The molecule has 1 aromatic rings. The molecule has 0 saturated heterocycles. The highest BCUT2D eigenvalue weighted by Gasteiger charge is 2.05. The zero-order valence-corrected chi connectivity index (χ0v) is 12.3. The van der Waals surface area contributed by atoms with Crippen LogP contribution in [0.3, 0.4) is 0 Å². The van der Waals surface area contributed by atoms with Gasteiger partial charge in [-0.05, 0) is 37.2 Å². The van der Waals surface area contributed by atoms with Gasteiger partial charge in [0.2, 0.25) is 0 Å². The van der Waals surface area contributed by atoms with Crippen molar-refractivity contribution < 1.29 is 9.47 Å². The van der Waals surface area contributed by atoms with Gasteiger partial charge in [0.1, 0.15) is 5.75 Å². The van der Waals surface area contributed by atoms with E-state index in [1.165, 1.54) is 5.56 Å². The van der Waals surface area contributed by atoms with Crippen LogP contribution in [0.15, 0.2) is 22.7 Å². The van der Waals surface area contributed by atoms with Crippen molar-refractivity contribution in [2.24, 2.45) is 0 Å². The molecule has 0 fully saturated rings. The molecule has 0 aromatic heterocycles. The van der Waals surface area contributed by atoms with E-state index in [0.29, 0.717) is 0 Å². The third-order valence-electron chi connectivity index (χ3n) is 2.58. The summed E-state index contributed by atoms with van der Waals surface area (Å²) in [6.45, 7) is 2.74. The van der Waals surface area contributed by atoms with Crippen LogP contribution in [-0.4, -0.2) is 39.3 Å². The first kappa shape index (κ1) is 14.5. The molecule has 0 N–H and O–H groups in total. The van der Waals surface area contributed by atoms with Gasteiger partial charge in [-0.15, -0.1) is 0 Å². The van der Waals surface area contributed by atoms with Crippen molar-refractivity contribution in [1.29, 1.82) is 0 Å². The average molecular weight is 302 g/mol. The third-order valence-corrected chi connectivity index (χ3v) is 3.36. The molecule has 0 amide bonds. The Labute approximate surface area is 112 Å². The SMILES string of the molecule is COCCCN(C)Cc1cc(OC)ccc1Br. The van der Waals surface area contributed by atoms with Crippen molar-refractivity contribution in [2.75, 3.05) is 34.4 Å². The van der Waals surface area contributed by atoms with Crippen molar-refractivity contribution in [3.8, 4) is 5.75 Å². The zero-order valence-electron chi connectivity index (χ0n) is 10.7. The van der Waals surface area contributed by atoms with Gasteiger partial charge in [0.15, 0.2) is 0 Å². The van der Waals surface area contributed by atoms with Crippen molar-refractivity contribution in [3.63, 3.8) is 0 Å². The summed E-state index contributed by atoms with van der Waals surface area (Å²) in [6, 6.07) is 6.05. The molecule has 4 heteroatoms. The second-order valence-corrected chi connectivity index (χ2v) is 4.90. The van der Waals surface area contributed by atoms with Gasteiger partial charge < -0.3 is 14.4 Å². The molecule has 0 spiro atoms. The van der Waals surface area contributed by atoms with Gasteiger partial charge in [0, 0.05) is 31.3 Å². The Morgan fingerprint density at radius 1 is 1.29 bits per heavy atom. The molecule has 3 nitrogen and oxygen atoms in total. The molecule has 0 aliphatic carbocycles. The predicted molar refractivity (Wildman–Crippen MR) is 73.5 cm³/mol. The molecule has 0 heterocycles. The van der Waals surface area contributed by atoms with Gasteiger partial charge in [0.05, 0.1) is 7.11 Å². The van der Waals surface area contributed by atoms with Crippen molar-refractivity contribution in [3.05, 3.63) is 28.2 Å². The largest absolute Gasteiger partial charge is 0.497 e. The lowest BCUT2D eigenvalue weighted by atomic mass is 10.2. The first-order chi connectivity index (χ1) is 8.17. The Morgan fingerprint density at radius 3 is 2.71 bits per heavy atom. The molecule has 1 aromatic carbocycles. The minimum atomic E-state index is 0.809. The lowest BCUT2D eigenvalue weighted by Crippen LogP contribution is -2.20. The summed E-state index contributed by atoms with van der Waals surface area (Å²) in [6.07, 6.45) is 1.05. The molecule has 0 aliphatic heterocycles. The van der Waals surface area contributed by atoms with Gasteiger partial charge in [-0.1, -0.05) is 15.9 Å². The monoisotopic (exact) mass is 301 g/mol. The second-order valence-electron chi connectivity index (χ2n) is 4.04. The van der Waals surface area contributed by atoms with E-state index < -0.39 is 0 Å². The number of nitrogens with zero attached hydrogens (tertiary/aromatic N) is 1. The smallest absolute Gasteiger partial charge is 0.119 e. The molecule has 0 bridgehead atoms. The molecular formula is C13H20BrNO2. The van der Waals surface area contributed by atoms with Crippen molar-refractivity contribution >= 4 is 15.9 Å². The highest BCUT2D eigenvalue weighted by atomic mass is 79.9. The van der Waals surface area contributed by atoms with E-state index in [4.69, 9.17) is 9.47 Å². The zero-order chi connectivity index (χ0) is 12.7. The quantitative estimate of drug-likeness (QED) is 0.723. The van der Waals surface area contributed by atoms with Crippen LogP contribution in [0.2, 0.25) is 0 Å². The van der Waals surface area contributed by atoms with E-state index in [-0.39, 0.29) is 0 Å². The fourth-order valence-electron chi connectivity index (χ4n) is 1.65. The van der Waals surface area contributed by atoms with Gasteiger partial charge in [0.25, 0.3) is 0 Å². The molecule has 1 rings (SSSR count). The fraction of sp³-hybridized carbons (Fsp3) is 0.538. The van der Waals surface area contributed by atoms with Crippen LogP contribution in [0.25, 0.3) is 0 Å². The molecular weight excluding hydrogens is 282 g/mol. The molecule has 0 radical (unpaired) electrons. The topological polar surface area (TPSA) is 21.7 Å². The van der Waals surface area contributed by atoms with E-state index >= 15 is 0 Å². The summed E-state index contributed by atoms with van der Waals surface area (Å²) < 4.78 is 11.4. The summed E-state index contributed by atoms with van der Waals surface area (Å²) in [5.74, 6) is 0.897. The number of hydrogen-bond acceptors (Lipinski definition) is 3. The van der Waals surface area contributed by atoms with Crippen LogP contribution in [-0.2, 0) is 11.3 Å². The number of halogens is 1.